The monoisotopic (exact) mass is 938 g/mol. The Kier molecular flexibility index (Phi) is 11.8. The molecule has 15 nitrogen and oxygen atoms in total. The number of hydrogen-bond acceptors (Lipinski definition) is 12. The van der Waals surface area contributed by atoms with Crippen LogP contribution in [0.3, 0.4) is 0 Å². The Morgan fingerprint density at radius 1 is 0.899 bits per heavy atom. The van der Waals surface area contributed by atoms with Crippen molar-refractivity contribution < 1.29 is 27.8 Å². The number of amides is 2. The summed E-state index contributed by atoms with van der Waals surface area (Å²) in [6.45, 7) is 12.3. The number of carbonyl (C=O) groups excluding carboxylic acids is 2. The van der Waals surface area contributed by atoms with Crippen LogP contribution in [-0.4, -0.2) is 131 Å². The highest BCUT2D eigenvalue weighted by molar-refractivity contribution is 6.03. The number of halogens is 2. The van der Waals surface area contributed by atoms with Gasteiger partial charge in [0.1, 0.15) is 28.9 Å². The van der Waals surface area contributed by atoms with Crippen LogP contribution in [0.15, 0.2) is 53.5 Å². The van der Waals surface area contributed by atoms with Gasteiger partial charge >= 0.3 is 11.7 Å². The Balaban J connectivity index is 0.724. The van der Waals surface area contributed by atoms with Crippen molar-refractivity contribution in [3.05, 3.63) is 81.9 Å². The Morgan fingerprint density at radius 3 is 2.41 bits per heavy atom. The number of aromatic nitrogens is 5. The molecule has 0 radical (unpaired) electrons. The smallest absolute Gasteiger partial charge is 0.329 e. The van der Waals surface area contributed by atoms with Gasteiger partial charge in [0.05, 0.1) is 41.8 Å². The van der Waals surface area contributed by atoms with Gasteiger partial charge in [-0.25, -0.2) is 13.6 Å². The molecule has 1 unspecified atom stereocenters. The van der Waals surface area contributed by atoms with Crippen LogP contribution in [0.1, 0.15) is 55.7 Å². The second-order valence-electron chi connectivity index (χ2n) is 19.7. The van der Waals surface area contributed by atoms with Gasteiger partial charge in [-0.1, -0.05) is 18.1 Å². The van der Waals surface area contributed by atoms with E-state index in [4.69, 9.17) is 25.9 Å². The van der Waals surface area contributed by atoms with Crippen LogP contribution in [0, 0.1) is 42.2 Å². The number of morpholine rings is 1. The van der Waals surface area contributed by atoms with E-state index in [9.17, 15) is 14.4 Å². The lowest BCUT2D eigenvalue weighted by molar-refractivity contribution is -0.135. The van der Waals surface area contributed by atoms with Gasteiger partial charge in [0.2, 0.25) is 11.8 Å². The summed E-state index contributed by atoms with van der Waals surface area (Å²) >= 11 is 0. The van der Waals surface area contributed by atoms with Crippen molar-refractivity contribution in [1.29, 1.82) is 0 Å². The average molecular weight is 939 g/mol. The van der Waals surface area contributed by atoms with E-state index in [1.54, 1.807) is 29.9 Å². The molecule has 3 aromatic heterocycles. The summed E-state index contributed by atoms with van der Waals surface area (Å²) in [5.41, 5.74) is 3.68. The van der Waals surface area contributed by atoms with Gasteiger partial charge in [0, 0.05) is 107 Å². The SMILES string of the molecule is C#Cc1c(F)ccc2cc(C)cc(-c3ncc4c(N5CCOCC5)nc(OCC5(CN6CCN(CC7CCN(c8ccc9c(c8)n(C)c(=O)n9C8CCC(=O)NC8=O)CC7)CC6)CC5)nc4c3F)c12. The normalized spacial score (nSPS) is 20.5. The van der Waals surface area contributed by atoms with Gasteiger partial charge in [0.25, 0.3) is 0 Å². The van der Waals surface area contributed by atoms with Crippen molar-refractivity contribution in [2.24, 2.45) is 18.4 Å². The molecule has 2 amide bonds. The molecular formula is C52H56F2N10O5. The number of hydrogen-bond donors (Lipinski definition) is 1. The summed E-state index contributed by atoms with van der Waals surface area (Å²) in [6, 6.07) is 12.1. The molecule has 0 spiro atoms. The molecule has 7 heterocycles. The van der Waals surface area contributed by atoms with Crippen molar-refractivity contribution in [1.82, 2.24) is 39.2 Å². The number of carbonyl (C=O) groups is 2. The Labute approximate surface area is 398 Å². The fourth-order valence-corrected chi connectivity index (χ4v) is 11.1. The topological polar surface area (TPSA) is 143 Å². The number of aryl methyl sites for hydroxylation is 2. The third-order valence-electron chi connectivity index (χ3n) is 15.1. The minimum absolute atomic E-state index is 0.0322. The summed E-state index contributed by atoms with van der Waals surface area (Å²) in [5.74, 6) is 1.68. The highest BCUT2D eigenvalue weighted by atomic mass is 19.1. The molecule has 1 saturated carbocycles. The number of rotatable bonds is 11. The number of nitrogens with zero attached hydrogens (tertiary/aromatic N) is 9. The predicted octanol–water partition coefficient (Wildman–Crippen LogP) is 5.57. The number of ether oxygens (including phenoxy) is 2. The van der Waals surface area contributed by atoms with E-state index in [-0.39, 0.29) is 46.2 Å². The molecule has 11 rings (SSSR count). The molecule has 358 valence electrons. The number of nitrogens with one attached hydrogen (secondary N) is 1. The third-order valence-corrected chi connectivity index (χ3v) is 15.1. The molecular weight excluding hydrogens is 883 g/mol. The first-order chi connectivity index (χ1) is 33.5. The van der Waals surface area contributed by atoms with Gasteiger partial charge in [0.15, 0.2) is 5.82 Å². The van der Waals surface area contributed by atoms with E-state index in [0.717, 1.165) is 94.8 Å². The molecule has 1 aliphatic carbocycles. The quantitative estimate of drug-likeness (QED) is 0.128. The van der Waals surface area contributed by atoms with Crippen LogP contribution in [0.4, 0.5) is 20.3 Å². The lowest BCUT2D eigenvalue weighted by Crippen LogP contribution is -2.50. The molecule has 1 atom stereocenters. The third kappa shape index (κ3) is 8.56. The Hall–Kier alpha value is -6.48. The van der Waals surface area contributed by atoms with Crippen LogP contribution >= 0.6 is 0 Å². The maximum atomic E-state index is 17.0. The van der Waals surface area contributed by atoms with E-state index >= 15 is 8.78 Å². The number of terminal acetylenes is 1. The number of pyridine rings is 1. The van der Waals surface area contributed by atoms with Crippen molar-refractivity contribution in [2.45, 2.75) is 51.5 Å². The minimum Gasteiger partial charge on any atom is -0.463 e. The number of imidazole rings is 1. The maximum Gasteiger partial charge on any atom is 0.329 e. The van der Waals surface area contributed by atoms with Gasteiger partial charge in [-0.3, -0.25) is 29.0 Å². The van der Waals surface area contributed by atoms with Crippen molar-refractivity contribution in [2.75, 3.05) is 95.1 Å². The van der Waals surface area contributed by atoms with Crippen molar-refractivity contribution in [3.8, 4) is 29.6 Å². The first-order valence-electron chi connectivity index (χ1n) is 24.2. The zero-order chi connectivity index (χ0) is 47.6. The lowest BCUT2D eigenvalue weighted by Gasteiger charge is -2.40. The summed E-state index contributed by atoms with van der Waals surface area (Å²) in [5, 5.41) is 3.97. The van der Waals surface area contributed by atoms with Crippen LogP contribution < -0.4 is 25.5 Å². The highest BCUT2D eigenvalue weighted by Gasteiger charge is 2.45. The molecule has 17 heteroatoms. The second kappa shape index (κ2) is 18.1. The summed E-state index contributed by atoms with van der Waals surface area (Å²) < 4.78 is 47.3. The highest BCUT2D eigenvalue weighted by Crippen LogP contribution is 2.47. The fourth-order valence-electron chi connectivity index (χ4n) is 11.1. The van der Waals surface area contributed by atoms with Gasteiger partial charge in [-0.15, -0.1) is 6.42 Å². The molecule has 5 aliphatic rings. The van der Waals surface area contributed by atoms with Gasteiger partial charge in [-0.2, -0.15) is 9.97 Å². The first kappa shape index (κ1) is 45.0. The maximum absolute atomic E-state index is 17.0. The molecule has 3 aromatic carbocycles. The molecule has 6 aromatic rings. The zero-order valence-corrected chi connectivity index (χ0v) is 39.1. The summed E-state index contributed by atoms with van der Waals surface area (Å²) in [4.78, 5) is 61.5. The molecule has 4 saturated heterocycles. The van der Waals surface area contributed by atoms with E-state index in [2.05, 4.69) is 41.9 Å². The van der Waals surface area contributed by atoms with Crippen LogP contribution in [0.2, 0.25) is 0 Å². The number of imide groups is 1. The van der Waals surface area contributed by atoms with Crippen molar-refractivity contribution >= 4 is 56.0 Å². The molecule has 1 N–H and O–H groups in total. The molecule has 4 aliphatic heterocycles. The number of piperazine rings is 1. The van der Waals surface area contributed by atoms with Crippen LogP contribution in [0.5, 0.6) is 6.01 Å². The number of benzene rings is 3. The van der Waals surface area contributed by atoms with Gasteiger partial charge in [-0.05, 0) is 86.2 Å². The van der Waals surface area contributed by atoms with Crippen molar-refractivity contribution in [3.63, 3.8) is 0 Å². The fraction of sp³-hybridized carbons (Fsp3) is 0.462. The van der Waals surface area contributed by atoms with E-state index in [0.29, 0.717) is 78.3 Å². The predicted molar refractivity (Wildman–Crippen MR) is 259 cm³/mol. The van der Waals surface area contributed by atoms with E-state index in [1.807, 2.05) is 25.1 Å². The Bertz CT molecular complexity index is 3120. The lowest BCUT2D eigenvalue weighted by atomic mass is 9.94. The molecule has 69 heavy (non-hydrogen) atoms. The summed E-state index contributed by atoms with van der Waals surface area (Å²) in [7, 11) is 1.73. The average Bonchev–Trinajstić information content (AvgIpc) is 4.08. The molecule has 0 bridgehead atoms. The van der Waals surface area contributed by atoms with Crippen LogP contribution in [0.25, 0.3) is 44.0 Å². The Morgan fingerprint density at radius 2 is 1.67 bits per heavy atom. The largest absolute Gasteiger partial charge is 0.463 e. The second-order valence-corrected chi connectivity index (χ2v) is 19.7. The summed E-state index contributed by atoms with van der Waals surface area (Å²) in [6.07, 6.45) is 12.1. The number of fused-ring (bicyclic) bond motifs is 3. The molecule has 5 fully saturated rings. The minimum atomic E-state index is -0.701. The number of piperidine rings is 2. The van der Waals surface area contributed by atoms with E-state index < -0.39 is 23.6 Å². The number of anilines is 2. The zero-order valence-electron chi connectivity index (χ0n) is 39.1. The standard InChI is InChI=1S/C52H56F2N10O5/c1-4-36-39(53)7-5-34-25-32(2)26-37(44(34)36)46-45(54)47-38(28-55-46)48(63-21-23-68-24-22-63)58-50(57-47)69-31-52(13-14-52)30-61-19-17-60(18-20-61)29-33-11-15-62(16-12-33)35-6-8-40-42(27-35)59(3)51(67)64(40)41-9-10-43(65)56-49(41)66/h1,5-8,25-28,33,41H,9-24,29-31H2,2-3H3,(H,56,65,66). The van der Waals surface area contributed by atoms with E-state index in [1.165, 1.54) is 10.6 Å². The first-order valence-corrected chi connectivity index (χ1v) is 24.2. The van der Waals surface area contributed by atoms with Crippen LogP contribution in [-0.2, 0) is 21.4 Å². The van der Waals surface area contributed by atoms with Gasteiger partial charge < -0.3 is 29.1 Å².